The van der Waals surface area contributed by atoms with E-state index in [1.807, 2.05) is 5.32 Å². The highest BCUT2D eigenvalue weighted by molar-refractivity contribution is 6.01. The molecule has 0 aliphatic heterocycles. The Balaban J connectivity index is 1.42. The van der Waals surface area contributed by atoms with Crippen LogP contribution in [-0.2, 0) is 16.1 Å². The maximum atomic E-state index is 13.6. The number of furan rings is 1. The van der Waals surface area contributed by atoms with Crippen LogP contribution < -0.4 is 16.2 Å². The van der Waals surface area contributed by atoms with Crippen LogP contribution in [0.1, 0.15) is 0 Å². The average molecular weight is 430 g/mol. The summed E-state index contributed by atoms with van der Waals surface area (Å²) in [6, 6.07) is 8.45. The maximum absolute atomic E-state index is 13.6. The van der Waals surface area contributed by atoms with Gasteiger partial charge in [0.25, 0.3) is 5.56 Å². The minimum absolute atomic E-state index is 0.0111. The van der Waals surface area contributed by atoms with Crippen molar-refractivity contribution < 1.29 is 27.2 Å². The van der Waals surface area contributed by atoms with Gasteiger partial charge in [-0.1, -0.05) is 12.1 Å². The van der Waals surface area contributed by atoms with E-state index in [1.165, 1.54) is 6.33 Å². The molecule has 2 amide bonds. The minimum atomic E-state index is -1.73. The van der Waals surface area contributed by atoms with Crippen molar-refractivity contribution in [1.29, 1.82) is 0 Å². The summed E-state index contributed by atoms with van der Waals surface area (Å²) in [4.78, 5) is 40.7. The number of carbonyl (C=O) groups is 2. The van der Waals surface area contributed by atoms with Crippen molar-refractivity contribution in [1.82, 2.24) is 14.9 Å². The van der Waals surface area contributed by atoms with Crippen LogP contribution in [-0.4, -0.2) is 27.9 Å². The largest absolute Gasteiger partial charge is 0.448 e. The number of halogens is 3. The molecule has 0 saturated carbocycles. The molecule has 11 heteroatoms. The molecule has 0 bridgehead atoms. The lowest BCUT2D eigenvalue weighted by molar-refractivity contribution is -0.124. The Labute approximate surface area is 171 Å². The van der Waals surface area contributed by atoms with Crippen LogP contribution in [0, 0.1) is 17.5 Å². The second-order valence-corrected chi connectivity index (χ2v) is 6.50. The van der Waals surface area contributed by atoms with E-state index in [0.717, 1.165) is 10.6 Å². The van der Waals surface area contributed by atoms with Gasteiger partial charge in [-0.2, -0.15) is 0 Å². The van der Waals surface area contributed by atoms with Gasteiger partial charge in [-0.25, -0.2) is 18.2 Å². The molecule has 0 spiro atoms. The first-order valence-corrected chi connectivity index (χ1v) is 8.92. The standard InChI is InChI=1S/C20H13F3N4O4/c21-11-5-6-12(17(23)16(11)22)26-14(28)7-24-15(29)8-27-9-25-18-10-3-1-2-4-13(10)31-19(18)20(27)30/h1-6,9H,7-8H2,(H,24,29)(H,26,28). The Hall–Kier alpha value is -4.15. The molecule has 0 aliphatic carbocycles. The molecule has 4 rings (SSSR count). The van der Waals surface area contributed by atoms with Crippen molar-refractivity contribution in [2.45, 2.75) is 6.54 Å². The molecule has 0 fully saturated rings. The van der Waals surface area contributed by atoms with Crippen molar-refractivity contribution in [2.24, 2.45) is 0 Å². The number of hydrogen-bond acceptors (Lipinski definition) is 5. The molecule has 0 unspecified atom stereocenters. The zero-order valence-corrected chi connectivity index (χ0v) is 15.6. The predicted octanol–water partition coefficient (Wildman–Crippen LogP) is 2.31. The van der Waals surface area contributed by atoms with Gasteiger partial charge >= 0.3 is 0 Å². The monoisotopic (exact) mass is 430 g/mol. The van der Waals surface area contributed by atoms with Gasteiger partial charge in [-0.15, -0.1) is 0 Å². The topological polar surface area (TPSA) is 106 Å². The highest BCUT2D eigenvalue weighted by Gasteiger charge is 2.17. The lowest BCUT2D eigenvalue weighted by atomic mass is 10.2. The molecule has 0 aliphatic rings. The number of fused-ring (bicyclic) bond motifs is 3. The normalized spacial score (nSPS) is 11.1. The quantitative estimate of drug-likeness (QED) is 0.473. The number of benzene rings is 2. The molecule has 0 radical (unpaired) electrons. The Bertz CT molecular complexity index is 1400. The third kappa shape index (κ3) is 3.84. The van der Waals surface area contributed by atoms with Crippen molar-refractivity contribution in [3.05, 3.63) is 70.5 Å². The number of rotatable bonds is 5. The number of amides is 2. The van der Waals surface area contributed by atoms with Gasteiger partial charge < -0.3 is 15.1 Å². The third-order valence-corrected chi connectivity index (χ3v) is 4.42. The summed E-state index contributed by atoms with van der Waals surface area (Å²) in [7, 11) is 0. The summed E-state index contributed by atoms with van der Waals surface area (Å²) in [6.07, 6.45) is 1.18. The Morgan fingerprint density at radius 1 is 1.03 bits per heavy atom. The molecule has 8 nitrogen and oxygen atoms in total. The summed E-state index contributed by atoms with van der Waals surface area (Å²) >= 11 is 0. The molecule has 2 N–H and O–H groups in total. The van der Waals surface area contributed by atoms with E-state index < -0.39 is 53.6 Å². The van der Waals surface area contributed by atoms with Crippen LogP contribution in [0.3, 0.4) is 0 Å². The van der Waals surface area contributed by atoms with E-state index in [1.54, 1.807) is 24.3 Å². The SMILES string of the molecule is O=C(Cn1cnc2c(oc3ccccc32)c1=O)NCC(=O)Nc1ccc(F)c(F)c1F. The van der Waals surface area contributed by atoms with Gasteiger partial charge in [-0.05, 0) is 24.3 Å². The first-order valence-electron chi connectivity index (χ1n) is 8.92. The smallest absolute Gasteiger partial charge is 0.297 e. The molecule has 2 aromatic heterocycles. The fourth-order valence-electron chi connectivity index (χ4n) is 2.93. The third-order valence-electron chi connectivity index (χ3n) is 4.42. The molecule has 0 saturated heterocycles. The zero-order valence-electron chi connectivity index (χ0n) is 15.6. The van der Waals surface area contributed by atoms with E-state index in [4.69, 9.17) is 4.42 Å². The van der Waals surface area contributed by atoms with E-state index in [-0.39, 0.29) is 5.58 Å². The molecular weight excluding hydrogens is 417 g/mol. The fraction of sp³-hybridized carbons (Fsp3) is 0.100. The van der Waals surface area contributed by atoms with E-state index >= 15 is 0 Å². The molecular formula is C20H13F3N4O4. The van der Waals surface area contributed by atoms with Gasteiger partial charge in [0.05, 0.1) is 18.6 Å². The van der Waals surface area contributed by atoms with Crippen LogP contribution in [0.2, 0.25) is 0 Å². The van der Waals surface area contributed by atoms with E-state index in [2.05, 4.69) is 10.3 Å². The molecule has 0 atom stereocenters. The zero-order chi connectivity index (χ0) is 22.1. The summed E-state index contributed by atoms with van der Waals surface area (Å²) in [5, 5.41) is 4.92. The van der Waals surface area contributed by atoms with Crippen LogP contribution in [0.25, 0.3) is 22.1 Å². The van der Waals surface area contributed by atoms with Gasteiger partial charge in [0.1, 0.15) is 17.6 Å². The average Bonchev–Trinajstić information content (AvgIpc) is 3.14. The molecule has 31 heavy (non-hydrogen) atoms. The molecule has 158 valence electrons. The number of nitrogens with one attached hydrogen (secondary N) is 2. The van der Waals surface area contributed by atoms with Gasteiger partial charge in [0.2, 0.25) is 17.4 Å². The number of carbonyl (C=O) groups excluding carboxylic acids is 2. The summed E-state index contributed by atoms with van der Waals surface area (Å²) < 4.78 is 46.2. The number of hydrogen-bond donors (Lipinski definition) is 2. The molecule has 2 aromatic carbocycles. The van der Waals surface area contributed by atoms with Crippen molar-refractivity contribution in [3.8, 4) is 0 Å². The predicted molar refractivity (Wildman–Crippen MR) is 104 cm³/mol. The van der Waals surface area contributed by atoms with Crippen molar-refractivity contribution >= 4 is 39.6 Å². The first kappa shape index (κ1) is 20.1. The van der Waals surface area contributed by atoms with E-state index in [9.17, 15) is 27.6 Å². The van der Waals surface area contributed by atoms with Gasteiger partial charge in [0, 0.05) is 5.39 Å². The highest BCUT2D eigenvalue weighted by atomic mass is 19.2. The second kappa shape index (κ2) is 7.94. The molecule has 4 aromatic rings. The highest BCUT2D eigenvalue weighted by Crippen LogP contribution is 2.24. The maximum Gasteiger partial charge on any atom is 0.297 e. The summed E-state index contributed by atoms with van der Waals surface area (Å²) in [5.41, 5.74) is -0.322. The Morgan fingerprint density at radius 3 is 2.61 bits per heavy atom. The van der Waals surface area contributed by atoms with Crippen LogP contribution >= 0.6 is 0 Å². The number of aromatic nitrogens is 2. The van der Waals surface area contributed by atoms with Gasteiger partial charge in [-0.3, -0.25) is 19.0 Å². The summed E-state index contributed by atoms with van der Waals surface area (Å²) in [5.74, 6) is -6.27. The van der Waals surface area contributed by atoms with Crippen LogP contribution in [0.15, 0.2) is 51.9 Å². The summed E-state index contributed by atoms with van der Waals surface area (Å²) in [6.45, 7) is -1.04. The van der Waals surface area contributed by atoms with Crippen molar-refractivity contribution in [2.75, 3.05) is 11.9 Å². The lowest BCUT2D eigenvalue weighted by Gasteiger charge is -2.09. The molecule has 2 heterocycles. The first-order chi connectivity index (χ1) is 14.8. The Morgan fingerprint density at radius 2 is 1.81 bits per heavy atom. The van der Waals surface area contributed by atoms with Crippen LogP contribution in [0.5, 0.6) is 0 Å². The Kier molecular flexibility index (Phi) is 5.15. The lowest BCUT2D eigenvalue weighted by Crippen LogP contribution is -2.37. The van der Waals surface area contributed by atoms with Gasteiger partial charge in [0.15, 0.2) is 17.5 Å². The van der Waals surface area contributed by atoms with Crippen molar-refractivity contribution in [3.63, 3.8) is 0 Å². The minimum Gasteiger partial charge on any atom is -0.448 e. The fourth-order valence-corrected chi connectivity index (χ4v) is 2.93. The number of para-hydroxylation sites is 1. The number of anilines is 1. The van der Waals surface area contributed by atoms with Crippen LogP contribution in [0.4, 0.5) is 18.9 Å². The number of nitrogens with zero attached hydrogens (tertiary/aromatic N) is 2. The second-order valence-electron chi connectivity index (χ2n) is 6.50. The van der Waals surface area contributed by atoms with E-state index in [0.29, 0.717) is 22.6 Å².